The van der Waals surface area contributed by atoms with Gasteiger partial charge < -0.3 is 14.8 Å². The van der Waals surface area contributed by atoms with Gasteiger partial charge in [0.2, 0.25) is 11.7 Å². The van der Waals surface area contributed by atoms with E-state index in [2.05, 4.69) is 20.6 Å². The first-order chi connectivity index (χ1) is 18.1. The zero-order valence-electron chi connectivity index (χ0n) is 22.3. The lowest BCUT2D eigenvalue weighted by Gasteiger charge is -2.21. The second-order valence-electron chi connectivity index (χ2n) is 10.8. The number of fused-ring (bicyclic) bond motifs is 4. The fraction of sp³-hybridized carbons (Fsp3) is 0.333. The van der Waals surface area contributed by atoms with Gasteiger partial charge in [0, 0.05) is 6.54 Å². The highest BCUT2D eigenvalue weighted by Gasteiger charge is 2.30. The molecule has 0 aliphatic carbocycles. The first-order valence-electron chi connectivity index (χ1n) is 12.1. The molecule has 1 aliphatic rings. The third-order valence-electron chi connectivity index (χ3n) is 5.26. The predicted molar refractivity (Wildman–Crippen MR) is 141 cm³/mol. The number of ether oxygens (including phenoxy) is 2. The first kappa shape index (κ1) is 27.4. The topological polar surface area (TPSA) is 141 Å². The molecule has 1 aromatic heterocycles. The van der Waals surface area contributed by atoms with Crippen molar-refractivity contribution in [3.8, 4) is 5.69 Å². The molecule has 2 amide bonds. The summed E-state index contributed by atoms with van der Waals surface area (Å²) in [5, 5.41) is 5.46. The van der Waals surface area contributed by atoms with Gasteiger partial charge in [-0.05, 0) is 77.4 Å². The summed E-state index contributed by atoms with van der Waals surface area (Å²) in [5.41, 5.74) is -0.914. The van der Waals surface area contributed by atoms with Gasteiger partial charge in [0.25, 0.3) is 5.56 Å². The number of hydrogen-bond acceptors (Lipinski definition) is 7. The number of carbonyl (C=O) groups is 3. The summed E-state index contributed by atoms with van der Waals surface area (Å²) in [6.45, 7) is 10.1. The Kier molecular flexibility index (Phi) is 6.98. The molecule has 0 spiro atoms. The lowest BCUT2D eigenvalue weighted by molar-refractivity contribution is 0.0560. The zero-order valence-corrected chi connectivity index (χ0v) is 22.3. The first-order valence-corrected chi connectivity index (χ1v) is 12.1. The minimum atomic E-state index is -0.933. The van der Waals surface area contributed by atoms with Crippen LogP contribution >= 0.6 is 0 Å². The lowest BCUT2D eigenvalue weighted by Crippen LogP contribution is -2.44. The van der Waals surface area contributed by atoms with Crippen LogP contribution in [0.4, 0.5) is 14.0 Å². The molecule has 0 saturated carbocycles. The number of halogens is 1. The van der Waals surface area contributed by atoms with Crippen LogP contribution in [0.15, 0.2) is 46.2 Å². The summed E-state index contributed by atoms with van der Waals surface area (Å²) in [7, 11) is 0. The van der Waals surface area contributed by atoms with E-state index < -0.39 is 40.5 Å². The number of benzene rings is 2. The number of alkyl carbamates (subject to hydrolysis) is 1. The number of rotatable bonds is 2. The number of amides is 2. The molecule has 0 bridgehead atoms. The average Bonchev–Trinajstić information content (AvgIpc) is 3.06. The third-order valence-corrected chi connectivity index (χ3v) is 5.26. The average molecular weight is 538 g/mol. The van der Waals surface area contributed by atoms with Crippen molar-refractivity contribution < 1.29 is 28.2 Å². The normalized spacial score (nSPS) is 13.1. The predicted octanol–water partition coefficient (Wildman–Crippen LogP) is 3.97. The highest BCUT2D eigenvalue weighted by molar-refractivity contribution is 6.13. The molecule has 204 valence electrons. The molecule has 0 atom stereocenters. The van der Waals surface area contributed by atoms with E-state index in [1.807, 2.05) is 0 Å². The number of ketones is 1. The molecule has 11 nitrogen and oxygen atoms in total. The molecule has 2 aromatic carbocycles. The molecule has 0 saturated heterocycles. The summed E-state index contributed by atoms with van der Waals surface area (Å²) in [6.07, 6.45) is -1.77. The lowest BCUT2D eigenvalue weighted by atomic mass is 10.1. The van der Waals surface area contributed by atoms with Crippen LogP contribution in [0.2, 0.25) is 0 Å². The molecule has 2 heterocycles. The summed E-state index contributed by atoms with van der Waals surface area (Å²) in [5.74, 6) is -1.44. The fourth-order valence-corrected chi connectivity index (χ4v) is 3.80. The highest BCUT2D eigenvalue weighted by atomic mass is 19.1. The third kappa shape index (κ3) is 6.28. The van der Waals surface area contributed by atoms with Gasteiger partial charge in [-0.1, -0.05) is 6.07 Å². The van der Waals surface area contributed by atoms with Gasteiger partial charge in [-0.3, -0.25) is 19.5 Å². The van der Waals surface area contributed by atoms with Crippen molar-refractivity contribution in [2.24, 2.45) is 4.99 Å². The Morgan fingerprint density at radius 1 is 1.00 bits per heavy atom. The van der Waals surface area contributed by atoms with E-state index in [0.717, 1.165) is 10.6 Å². The Hall–Kier alpha value is -4.61. The Labute approximate surface area is 223 Å². The van der Waals surface area contributed by atoms with Crippen molar-refractivity contribution in [2.45, 2.75) is 59.3 Å². The van der Waals surface area contributed by atoms with Crippen molar-refractivity contribution in [3.63, 3.8) is 0 Å². The molecule has 0 unspecified atom stereocenters. The van der Waals surface area contributed by atoms with Gasteiger partial charge in [-0.25, -0.2) is 19.0 Å². The van der Waals surface area contributed by atoms with Crippen molar-refractivity contribution in [3.05, 3.63) is 69.5 Å². The molecule has 4 rings (SSSR count). The monoisotopic (exact) mass is 537 g/mol. The van der Waals surface area contributed by atoms with Gasteiger partial charge >= 0.3 is 12.2 Å². The van der Waals surface area contributed by atoms with Gasteiger partial charge in [0.05, 0.1) is 22.2 Å². The number of aromatic nitrogens is 2. The van der Waals surface area contributed by atoms with Crippen LogP contribution < -0.4 is 16.2 Å². The number of carbonyl (C=O) groups excluding carboxylic acids is 3. The van der Waals surface area contributed by atoms with E-state index in [1.54, 1.807) is 59.7 Å². The molecule has 3 aromatic rings. The number of nitrogens with zero attached hydrogens (tertiary/aromatic N) is 3. The van der Waals surface area contributed by atoms with Crippen LogP contribution in [0.5, 0.6) is 0 Å². The van der Waals surface area contributed by atoms with Gasteiger partial charge in [-0.2, -0.15) is 0 Å². The largest absolute Gasteiger partial charge is 0.444 e. The Bertz CT molecular complexity index is 1600. The smallest absolute Gasteiger partial charge is 0.437 e. The Morgan fingerprint density at radius 3 is 2.36 bits per heavy atom. The molecule has 0 radical (unpaired) electrons. The van der Waals surface area contributed by atoms with E-state index in [-0.39, 0.29) is 40.5 Å². The number of guanidine groups is 1. The Balaban J connectivity index is 1.63. The SMILES string of the molecule is CC(C)(C)OC(=O)/N=C(\NCc1ccc2nc3n(c(=O)c2c1)-c1ccc(F)cc1C3=O)NC(=O)OC(C)(C)C. The minimum Gasteiger partial charge on any atom is -0.444 e. The molecule has 0 fully saturated rings. The van der Waals surface area contributed by atoms with Crippen LogP contribution in [0.3, 0.4) is 0 Å². The van der Waals surface area contributed by atoms with Gasteiger partial charge in [0.1, 0.15) is 17.0 Å². The maximum atomic E-state index is 13.7. The van der Waals surface area contributed by atoms with E-state index in [4.69, 9.17) is 9.47 Å². The number of nitrogens with one attached hydrogen (secondary N) is 2. The molecular weight excluding hydrogens is 509 g/mol. The molecule has 12 heteroatoms. The Morgan fingerprint density at radius 2 is 1.69 bits per heavy atom. The summed E-state index contributed by atoms with van der Waals surface area (Å²) < 4.78 is 25.3. The zero-order chi connectivity index (χ0) is 28.7. The van der Waals surface area contributed by atoms with Gasteiger partial charge in [0.15, 0.2) is 5.82 Å². The molecule has 2 N–H and O–H groups in total. The fourth-order valence-electron chi connectivity index (χ4n) is 3.80. The molecule has 1 aliphatic heterocycles. The second kappa shape index (κ2) is 9.93. The van der Waals surface area contributed by atoms with Crippen LogP contribution in [0, 0.1) is 5.82 Å². The summed E-state index contributed by atoms with van der Waals surface area (Å²) in [4.78, 5) is 58.8. The van der Waals surface area contributed by atoms with E-state index in [0.29, 0.717) is 5.56 Å². The maximum Gasteiger partial charge on any atom is 0.437 e. The van der Waals surface area contributed by atoms with E-state index in [9.17, 15) is 23.6 Å². The highest BCUT2D eigenvalue weighted by Crippen LogP contribution is 2.27. The van der Waals surface area contributed by atoms with Crippen molar-refractivity contribution in [1.82, 2.24) is 20.2 Å². The molecule has 39 heavy (non-hydrogen) atoms. The van der Waals surface area contributed by atoms with Crippen LogP contribution in [-0.4, -0.2) is 44.7 Å². The molecular formula is C27H28FN5O6. The van der Waals surface area contributed by atoms with E-state index in [1.165, 1.54) is 12.1 Å². The summed E-state index contributed by atoms with van der Waals surface area (Å²) in [6, 6.07) is 8.40. The van der Waals surface area contributed by atoms with E-state index >= 15 is 0 Å². The quantitative estimate of drug-likeness (QED) is 0.289. The number of hydrogen-bond donors (Lipinski definition) is 2. The minimum absolute atomic E-state index is 0.0370. The maximum absolute atomic E-state index is 13.7. The van der Waals surface area contributed by atoms with Crippen molar-refractivity contribution in [1.29, 1.82) is 0 Å². The van der Waals surface area contributed by atoms with Crippen LogP contribution in [-0.2, 0) is 16.0 Å². The van der Waals surface area contributed by atoms with Crippen molar-refractivity contribution in [2.75, 3.05) is 0 Å². The second-order valence-corrected chi connectivity index (χ2v) is 10.8. The number of aliphatic imine (C=N–C) groups is 1. The van der Waals surface area contributed by atoms with Crippen LogP contribution in [0.1, 0.15) is 63.3 Å². The van der Waals surface area contributed by atoms with Crippen LogP contribution in [0.25, 0.3) is 16.6 Å². The van der Waals surface area contributed by atoms with Gasteiger partial charge in [-0.15, -0.1) is 4.99 Å². The van der Waals surface area contributed by atoms with Crippen molar-refractivity contribution >= 4 is 34.8 Å². The standard InChI is InChI=1S/C27H28FN5O6/c1-26(2,3)38-24(36)31-23(32-25(37)39-27(4,5)6)29-13-14-7-9-18-16(11-14)22(35)33-19-10-8-15(28)12-17(19)20(34)21(33)30-18/h7-12H,13H2,1-6H3,(H2,29,31,32,36,37). The summed E-state index contributed by atoms with van der Waals surface area (Å²) >= 11 is 0.